The van der Waals surface area contributed by atoms with E-state index in [1.54, 1.807) is 16.8 Å². The highest BCUT2D eigenvalue weighted by Gasteiger charge is 2.31. The van der Waals surface area contributed by atoms with Crippen molar-refractivity contribution in [3.63, 3.8) is 0 Å². The molecule has 9 heteroatoms. The first-order chi connectivity index (χ1) is 25.4. The van der Waals surface area contributed by atoms with Crippen LogP contribution in [0.4, 0.5) is 22.0 Å². The van der Waals surface area contributed by atoms with E-state index < -0.39 is 49.1 Å². The van der Waals surface area contributed by atoms with Crippen molar-refractivity contribution < 1.29 is 22.0 Å². The van der Waals surface area contributed by atoms with Gasteiger partial charge in [-0.25, -0.2) is 26.9 Å². The fourth-order valence-electron chi connectivity index (χ4n) is 6.57. The number of imidazole rings is 1. The summed E-state index contributed by atoms with van der Waals surface area (Å²) in [5.74, 6) is -9.73. The lowest BCUT2D eigenvalue weighted by atomic mass is 10.0. The minimum Gasteiger partial charge on any atom is -0.319 e. The highest BCUT2D eigenvalue weighted by Crippen LogP contribution is 2.43. The van der Waals surface area contributed by atoms with Gasteiger partial charge in [0, 0.05) is 33.8 Å². The Hall–Kier alpha value is -5.98. The average molecular weight is 712 g/mol. The van der Waals surface area contributed by atoms with Gasteiger partial charge >= 0.3 is 0 Å². The Morgan fingerprint density at radius 2 is 1.04 bits per heavy atom. The third-order valence-electron chi connectivity index (χ3n) is 8.94. The lowest BCUT2D eigenvalue weighted by Gasteiger charge is -2.24. The zero-order valence-corrected chi connectivity index (χ0v) is 28.2. The molecule has 0 fully saturated rings. The number of halogens is 5. The molecule has 0 aliphatic carbocycles. The molecule has 0 aliphatic rings. The van der Waals surface area contributed by atoms with Crippen LogP contribution in [0.1, 0.15) is 5.56 Å². The second-order valence-corrected chi connectivity index (χ2v) is 14.2. The summed E-state index contributed by atoms with van der Waals surface area (Å²) in [7, 11) is -1.27. The maximum Gasteiger partial charge on any atom is 0.200 e. The van der Waals surface area contributed by atoms with Crippen molar-refractivity contribution in [2.75, 3.05) is 0 Å². The molecule has 8 aromatic rings. The van der Waals surface area contributed by atoms with Gasteiger partial charge in [-0.1, -0.05) is 133 Å². The van der Waals surface area contributed by atoms with Crippen LogP contribution in [0, 0.1) is 29.1 Å². The SMILES string of the molecule is Fc1c(F)c(F)c(Cn2c(-c3c(P(c4ccccc4)c4ccccc4)ccc4ncccc34)nc(-c3ccccc3)c2-c2ccccc2)c(F)c1F. The molecule has 0 radical (unpaired) electrons. The van der Waals surface area contributed by atoms with Gasteiger partial charge in [-0.05, 0) is 36.0 Å². The molecule has 0 aliphatic heterocycles. The number of hydrogen-bond acceptors (Lipinski definition) is 2. The van der Waals surface area contributed by atoms with E-state index in [0.29, 0.717) is 39.0 Å². The molecular weight excluding hydrogens is 684 g/mol. The van der Waals surface area contributed by atoms with E-state index in [0.717, 1.165) is 15.9 Å². The van der Waals surface area contributed by atoms with Crippen LogP contribution in [0.5, 0.6) is 0 Å². The maximum absolute atomic E-state index is 15.6. The van der Waals surface area contributed by atoms with Crippen LogP contribution < -0.4 is 15.9 Å². The molecule has 0 bridgehead atoms. The summed E-state index contributed by atoms with van der Waals surface area (Å²) < 4.78 is 76.7. The first-order valence-electron chi connectivity index (χ1n) is 16.4. The lowest BCUT2D eigenvalue weighted by molar-refractivity contribution is 0.368. The summed E-state index contributed by atoms with van der Waals surface area (Å²) in [5.41, 5.74) is 2.56. The fraction of sp³-hybridized carbons (Fsp3) is 0.0233. The molecule has 2 aromatic heterocycles. The van der Waals surface area contributed by atoms with Crippen molar-refractivity contribution in [1.29, 1.82) is 0 Å². The van der Waals surface area contributed by atoms with Gasteiger partial charge in [-0.2, -0.15) is 0 Å². The Morgan fingerprint density at radius 3 is 1.62 bits per heavy atom. The van der Waals surface area contributed by atoms with Gasteiger partial charge in [0.05, 0.1) is 23.4 Å². The second kappa shape index (κ2) is 14.0. The van der Waals surface area contributed by atoms with E-state index in [1.165, 1.54) is 0 Å². The summed E-state index contributed by atoms with van der Waals surface area (Å²) in [6, 6.07) is 46.1. The molecule has 0 atom stereocenters. The van der Waals surface area contributed by atoms with Crippen LogP contribution in [0.2, 0.25) is 0 Å². The van der Waals surface area contributed by atoms with Gasteiger partial charge in [0.25, 0.3) is 0 Å². The predicted octanol–water partition coefficient (Wildman–Crippen LogP) is 9.93. The topological polar surface area (TPSA) is 30.7 Å². The normalized spacial score (nSPS) is 11.4. The standard InChI is InChI=1S/C43H27F5N3P/c44-36-32(37(45)39(47)40(48)38(36)46)26-51-42(28-16-7-2-8-17-28)41(27-14-5-1-6-15-27)50-43(51)35-31-22-13-25-49-33(31)23-24-34(35)52(29-18-9-3-10-19-29)30-20-11-4-12-21-30/h1-25H,26H2. The average Bonchev–Trinajstić information content (AvgIpc) is 3.58. The number of hydrogen-bond donors (Lipinski definition) is 0. The lowest BCUT2D eigenvalue weighted by Crippen LogP contribution is -2.23. The van der Waals surface area contributed by atoms with Crippen molar-refractivity contribution in [3.05, 3.63) is 186 Å². The van der Waals surface area contributed by atoms with E-state index in [9.17, 15) is 13.2 Å². The Labute approximate surface area is 297 Å². The van der Waals surface area contributed by atoms with Crippen LogP contribution >= 0.6 is 7.92 Å². The monoisotopic (exact) mass is 711 g/mol. The number of fused-ring (bicyclic) bond motifs is 1. The minimum atomic E-state index is -2.21. The molecule has 8 rings (SSSR count). The van der Waals surface area contributed by atoms with Gasteiger partial charge in [-0.15, -0.1) is 0 Å². The number of aromatic nitrogens is 3. The number of nitrogens with zero attached hydrogens (tertiary/aromatic N) is 3. The predicted molar refractivity (Wildman–Crippen MR) is 198 cm³/mol. The molecular formula is C43H27F5N3P. The first kappa shape index (κ1) is 33.2. The third-order valence-corrected chi connectivity index (χ3v) is 11.4. The zero-order valence-electron chi connectivity index (χ0n) is 27.3. The van der Waals surface area contributed by atoms with Crippen molar-refractivity contribution >= 4 is 34.7 Å². The van der Waals surface area contributed by atoms with E-state index >= 15 is 8.78 Å². The molecule has 52 heavy (non-hydrogen) atoms. The van der Waals surface area contributed by atoms with Gasteiger partial charge < -0.3 is 4.57 Å². The first-order valence-corrected chi connectivity index (χ1v) is 17.8. The van der Waals surface area contributed by atoms with Crippen LogP contribution in [0.25, 0.3) is 44.8 Å². The molecule has 0 unspecified atom stereocenters. The number of benzene rings is 6. The molecule has 2 heterocycles. The van der Waals surface area contributed by atoms with E-state index in [2.05, 4.69) is 29.2 Å². The van der Waals surface area contributed by atoms with Gasteiger partial charge in [-0.3, -0.25) is 4.98 Å². The van der Waals surface area contributed by atoms with Crippen molar-refractivity contribution in [2.24, 2.45) is 0 Å². The summed E-state index contributed by atoms with van der Waals surface area (Å²) in [6.45, 7) is -0.712. The van der Waals surface area contributed by atoms with Crippen LogP contribution in [-0.4, -0.2) is 14.5 Å². The Morgan fingerprint density at radius 1 is 0.519 bits per heavy atom. The molecule has 3 nitrogen and oxygen atoms in total. The fourth-order valence-corrected chi connectivity index (χ4v) is 9.04. The maximum atomic E-state index is 15.6. The smallest absolute Gasteiger partial charge is 0.200 e. The quantitative estimate of drug-likeness (QED) is 0.0680. The highest BCUT2D eigenvalue weighted by molar-refractivity contribution is 7.80. The van der Waals surface area contributed by atoms with Crippen LogP contribution in [0.15, 0.2) is 152 Å². The Balaban J connectivity index is 1.53. The van der Waals surface area contributed by atoms with Crippen molar-refractivity contribution in [1.82, 2.24) is 14.5 Å². The Kier molecular flexibility index (Phi) is 8.91. The van der Waals surface area contributed by atoms with Crippen LogP contribution in [-0.2, 0) is 6.54 Å². The largest absolute Gasteiger partial charge is 0.319 e. The molecule has 0 N–H and O–H groups in total. The number of pyridine rings is 1. The summed E-state index contributed by atoms with van der Waals surface area (Å²) in [6.07, 6.45) is 1.68. The molecule has 0 saturated heterocycles. The van der Waals surface area contributed by atoms with Crippen molar-refractivity contribution in [2.45, 2.75) is 6.54 Å². The van der Waals surface area contributed by atoms with Gasteiger partial charge in [0.1, 0.15) is 5.82 Å². The molecule has 254 valence electrons. The summed E-state index contributed by atoms with van der Waals surface area (Å²) >= 11 is 0. The van der Waals surface area contributed by atoms with E-state index in [1.807, 2.05) is 115 Å². The highest BCUT2D eigenvalue weighted by atomic mass is 31.1. The zero-order chi connectivity index (χ0) is 35.8. The Bertz CT molecular complexity index is 2480. The number of rotatable bonds is 8. The van der Waals surface area contributed by atoms with Crippen molar-refractivity contribution in [3.8, 4) is 33.9 Å². The van der Waals surface area contributed by atoms with Gasteiger partial charge in [0.2, 0.25) is 5.82 Å². The molecule has 0 amide bonds. The third kappa shape index (κ3) is 5.85. The molecule has 0 saturated carbocycles. The summed E-state index contributed by atoms with van der Waals surface area (Å²) in [5, 5.41) is 3.66. The van der Waals surface area contributed by atoms with E-state index in [4.69, 9.17) is 4.98 Å². The van der Waals surface area contributed by atoms with Gasteiger partial charge in [0.15, 0.2) is 23.3 Å². The van der Waals surface area contributed by atoms with Crippen LogP contribution in [0.3, 0.4) is 0 Å². The minimum absolute atomic E-state index is 0.287. The molecule has 0 spiro atoms. The van der Waals surface area contributed by atoms with E-state index in [-0.39, 0.29) is 5.82 Å². The molecule has 6 aromatic carbocycles. The summed E-state index contributed by atoms with van der Waals surface area (Å²) in [4.78, 5) is 9.91. The second-order valence-electron chi connectivity index (χ2n) is 12.0.